The number of carbonyl (C=O) groups is 2. The highest BCUT2D eigenvalue weighted by atomic mass is 16.5. The van der Waals surface area contributed by atoms with Gasteiger partial charge < -0.3 is 14.8 Å². The van der Waals surface area contributed by atoms with E-state index in [-0.39, 0.29) is 0 Å². The molecule has 1 fully saturated rings. The average Bonchev–Trinajstić information content (AvgIpc) is 2.29. The molecule has 0 aromatic heterocycles. The largest absolute Gasteiger partial charge is 0.462 e. The SMILES string of the molecule is COC(=O)C(=O)NCCC1CCOCC1. The Morgan fingerprint density at radius 1 is 1.40 bits per heavy atom. The number of carbonyl (C=O) groups excluding carboxylic acids is 2. The van der Waals surface area contributed by atoms with Crippen LogP contribution in [0.4, 0.5) is 0 Å². The zero-order valence-electron chi connectivity index (χ0n) is 8.95. The molecule has 1 saturated heterocycles. The molecule has 1 aliphatic rings. The summed E-state index contributed by atoms with van der Waals surface area (Å²) in [5.74, 6) is -0.900. The smallest absolute Gasteiger partial charge is 0.396 e. The molecule has 86 valence electrons. The topological polar surface area (TPSA) is 64.6 Å². The van der Waals surface area contributed by atoms with Crippen molar-refractivity contribution in [1.82, 2.24) is 5.32 Å². The van der Waals surface area contributed by atoms with Gasteiger partial charge in [0, 0.05) is 19.8 Å². The minimum Gasteiger partial charge on any atom is -0.462 e. The molecule has 1 N–H and O–H groups in total. The molecule has 0 atom stereocenters. The Morgan fingerprint density at radius 3 is 2.67 bits per heavy atom. The normalized spacial score (nSPS) is 17.1. The molecular weight excluding hydrogens is 198 g/mol. The van der Waals surface area contributed by atoms with E-state index in [9.17, 15) is 9.59 Å². The van der Waals surface area contributed by atoms with Gasteiger partial charge in [0.1, 0.15) is 0 Å². The van der Waals surface area contributed by atoms with Crippen molar-refractivity contribution in [2.75, 3.05) is 26.9 Å². The van der Waals surface area contributed by atoms with Crippen molar-refractivity contribution in [3.63, 3.8) is 0 Å². The van der Waals surface area contributed by atoms with Crippen molar-refractivity contribution in [2.24, 2.45) is 5.92 Å². The lowest BCUT2D eigenvalue weighted by molar-refractivity contribution is -0.152. The minimum atomic E-state index is -0.832. The number of nitrogens with one attached hydrogen (secondary N) is 1. The third kappa shape index (κ3) is 4.29. The molecule has 1 aliphatic heterocycles. The highest BCUT2D eigenvalue weighted by molar-refractivity contribution is 6.32. The van der Waals surface area contributed by atoms with Gasteiger partial charge in [0.25, 0.3) is 0 Å². The maximum atomic E-state index is 11.0. The van der Waals surface area contributed by atoms with Gasteiger partial charge in [-0.15, -0.1) is 0 Å². The molecule has 1 heterocycles. The molecule has 0 aromatic rings. The molecule has 0 saturated carbocycles. The number of amides is 1. The number of hydrogen-bond donors (Lipinski definition) is 1. The second kappa shape index (κ2) is 6.40. The quantitative estimate of drug-likeness (QED) is 0.535. The number of esters is 1. The molecule has 1 amide bonds. The van der Waals surface area contributed by atoms with Crippen LogP contribution in [-0.2, 0) is 19.1 Å². The molecule has 5 nitrogen and oxygen atoms in total. The average molecular weight is 215 g/mol. The lowest BCUT2D eigenvalue weighted by Gasteiger charge is -2.21. The van der Waals surface area contributed by atoms with Crippen LogP contribution in [0.5, 0.6) is 0 Å². The third-order valence-corrected chi connectivity index (χ3v) is 2.55. The fourth-order valence-electron chi connectivity index (χ4n) is 1.59. The summed E-state index contributed by atoms with van der Waals surface area (Å²) in [6, 6.07) is 0. The summed E-state index contributed by atoms with van der Waals surface area (Å²) in [5, 5.41) is 2.53. The van der Waals surface area contributed by atoms with E-state index in [2.05, 4.69) is 10.1 Å². The molecule has 1 rings (SSSR count). The Hall–Kier alpha value is -1.10. The van der Waals surface area contributed by atoms with Crippen molar-refractivity contribution >= 4 is 11.9 Å². The van der Waals surface area contributed by atoms with Gasteiger partial charge in [-0.3, -0.25) is 4.79 Å². The van der Waals surface area contributed by atoms with Crippen molar-refractivity contribution in [3.8, 4) is 0 Å². The van der Waals surface area contributed by atoms with Crippen LogP contribution in [0.15, 0.2) is 0 Å². The van der Waals surface area contributed by atoms with E-state index in [1.54, 1.807) is 0 Å². The summed E-state index contributed by atoms with van der Waals surface area (Å²) in [6.07, 6.45) is 2.97. The van der Waals surface area contributed by atoms with Crippen LogP contribution < -0.4 is 5.32 Å². The highest BCUT2D eigenvalue weighted by Crippen LogP contribution is 2.17. The Balaban J connectivity index is 2.09. The second-order valence-corrected chi connectivity index (χ2v) is 3.59. The number of rotatable bonds is 3. The summed E-state index contributed by atoms with van der Waals surface area (Å²) in [6.45, 7) is 2.13. The first kappa shape index (κ1) is 12.0. The van der Waals surface area contributed by atoms with Gasteiger partial charge >= 0.3 is 11.9 Å². The highest BCUT2D eigenvalue weighted by Gasteiger charge is 2.16. The summed E-state index contributed by atoms with van der Waals surface area (Å²) in [7, 11) is 1.19. The fraction of sp³-hybridized carbons (Fsp3) is 0.800. The van der Waals surface area contributed by atoms with Crippen LogP contribution in [0, 0.1) is 5.92 Å². The molecule has 0 radical (unpaired) electrons. The van der Waals surface area contributed by atoms with Crippen LogP contribution in [-0.4, -0.2) is 38.7 Å². The van der Waals surface area contributed by atoms with Gasteiger partial charge in [0.05, 0.1) is 7.11 Å². The second-order valence-electron chi connectivity index (χ2n) is 3.59. The molecule has 0 unspecified atom stereocenters. The van der Waals surface area contributed by atoms with Crippen LogP contribution in [0.25, 0.3) is 0 Å². The van der Waals surface area contributed by atoms with E-state index in [0.717, 1.165) is 32.5 Å². The number of methoxy groups -OCH3 is 1. The van der Waals surface area contributed by atoms with E-state index < -0.39 is 11.9 Å². The van der Waals surface area contributed by atoms with E-state index in [1.165, 1.54) is 7.11 Å². The van der Waals surface area contributed by atoms with Gasteiger partial charge in [-0.2, -0.15) is 0 Å². The van der Waals surface area contributed by atoms with Gasteiger partial charge in [-0.25, -0.2) is 4.79 Å². The van der Waals surface area contributed by atoms with Crippen LogP contribution in [0.1, 0.15) is 19.3 Å². The summed E-state index contributed by atoms with van der Waals surface area (Å²) in [4.78, 5) is 21.7. The molecule has 15 heavy (non-hydrogen) atoms. The van der Waals surface area contributed by atoms with E-state index in [0.29, 0.717) is 12.5 Å². The Kier molecular flexibility index (Phi) is 5.10. The minimum absolute atomic E-state index is 0.526. The number of ether oxygens (including phenoxy) is 2. The van der Waals surface area contributed by atoms with Crippen LogP contribution in [0.2, 0.25) is 0 Å². The predicted molar refractivity (Wildman–Crippen MR) is 53.2 cm³/mol. The Morgan fingerprint density at radius 2 is 2.07 bits per heavy atom. The Labute approximate surface area is 89.1 Å². The van der Waals surface area contributed by atoms with E-state index in [4.69, 9.17) is 4.74 Å². The van der Waals surface area contributed by atoms with Crippen molar-refractivity contribution in [2.45, 2.75) is 19.3 Å². The van der Waals surface area contributed by atoms with Crippen LogP contribution in [0.3, 0.4) is 0 Å². The lowest BCUT2D eigenvalue weighted by Crippen LogP contribution is -2.33. The fourth-order valence-corrected chi connectivity index (χ4v) is 1.59. The van der Waals surface area contributed by atoms with Gasteiger partial charge in [-0.05, 0) is 25.2 Å². The van der Waals surface area contributed by atoms with Gasteiger partial charge in [-0.1, -0.05) is 0 Å². The van der Waals surface area contributed by atoms with Crippen LogP contribution >= 0.6 is 0 Å². The maximum Gasteiger partial charge on any atom is 0.396 e. The zero-order valence-corrected chi connectivity index (χ0v) is 8.95. The molecule has 0 aromatic carbocycles. The first-order valence-corrected chi connectivity index (χ1v) is 5.18. The molecule has 5 heteroatoms. The van der Waals surface area contributed by atoms with Crippen molar-refractivity contribution in [1.29, 1.82) is 0 Å². The number of hydrogen-bond acceptors (Lipinski definition) is 4. The first-order valence-electron chi connectivity index (χ1n) is 5.18. The third-order valence-electron chi connectivity index (χ3n) is 2.55. The predicted octanol–water partition coefficient (Wildman–Crippen LogP) is 0.0923. The molecule has 0 spiro atoms. The van der Waals surface area contributed by atoms with E-state index in [1.807, 2.05) is 0 Å². The van der Waals surface area contributed by atoms with Gasteiger partial charge in [0.2, 0.25) is 0 Å². The van der Waals surface area contributed by atoms with Crippen molar-refractivity contribution < 1.29 is 19.1 Å². The first-order chi connectivity index (χ1) is 7.24. The van der Waals surface area contributed by atoms with Gasteiger partial charge in [0.15, 0.2) is 0 Å². The van der Waals surface area contributed by atoms with Crippen molar-refractivity contribution in [3.05, 3.63) is 0 Å². The molecule has 0 aliphatic carbocycles. The standard InChI is InChI=1S/C10H17NO4/c1-14-10(13)9(12)11-5-2-8-3-6-15-7-4-8/h8H,2-7H2,1H3,(H,11,12). The van der Waals surface area contributed by atoms with E-state index >= 15 is 0 Å². The molecular formula is C10H17NO4. The summed E-state index contributed by atoms with van der Waals surface area (Å²) < 4.78 is 9.50. The Bertz CT molecular complexity index is 223. The lowest BCUT2D eigenvalue weighted by atomic mass is 9.97. The molecule has 0 bridgehead atoms. The zero-order chi connectivity index (χ0) is 11.1. The summed E-state index contributed by atoms with van der Waals surface area (Å²) >= 11 is 0. The summed E-state index contributed by atoms with van der Waals surface area (Å²) in [5.41, 5.74) is 0. The maximum absolute atomic E-state index is 11.0. The monoisotopic (exact) mass is 215 g/mol.